The van der Waals surface area contributed by atoms with E-state index in [0.717, 1.165) is 5.56 Å². The Morgan fingerprint density at radius 2 is 1.59 bits per heavy atom. The largest absolute Gasteiger partial charge is 0.505 e. The molecule has 3 aromatic rings. The maximum absolute atomic E-state index is 13.3. The van der Waals surface area contributed by atoms with Crippen LogP contribution < -0.4 is 5.73 Å². The van der Waals surface area contributed by atoms with Crippen LogP contribution in [0.3, 0.4) is 0 Å². The molecule has 1 aliphatic carbocycles. The Morgan fingerprint density at radius 3 is 2.22 bits per heavy atom. The predicted octanol–water partition coefficient (Wildman–Crippen LogP) is 4.08. The van der Waals surface area contributed by atoms with Gasteiger partial charge in [0.15, 0.2) is 11.6 Å². The second-order valence-corrected chi connectivity index (χ2v) is 7.68. The monoisotopic (exact) mass is 427 g/mol. The van der Waals surface area contributed by atoms with Crippen molar-refractivity contribution < 1.29 is 24.2 Å². The van der Waals surface area contributed by atoms with E-state index in [4.69, 9.17) is 10.5 Å². The second-order valence-electron chi connectivity index (χ2n) is 7.68. The van der Waals surface area contributed by atoms with Crippen molar-refractivity contribution in [3.63, 3.8) is 0 Å². The number of phenolic OH excluding ortho intramolecular Hbond substituents is 1. The summed E-state index contributed by atoms with van der Waals surface area (Å²) in [6.45, 7) is 5.33. The van der Waals surface area contributed by atoms with Gasteiger partial charge in [0.1, 0.15) is 5.75 Å². The summed E-state index contributed by atoms with van der Waals surface area (Å²) < 4.78 is 5.11. The molecule has 32 heavy (non-hydrogen) atoms. The SMILES string of the molecule is C=C(C)C(=O)OCCc1ccc(-c2c(O)c(N)cc3c2C(=O)c2ccccc2C3=O)cc1. The smallest absolute Gasteiger partial charge is 0.333 e. The molecule has 0 bridgehead atoms. The van der Waals surface area contributed by atoms with Gasteiger partial charge >= 0.3 is 5.97 Å². The Kier molecular flexibility index (Phi) is 5.36. The molecule has 0 aromatic heterocycles. The molecule has 160 valence electrons. The number of nitrogen functional groups attached to an aromatic ring is 1. The first-order valence-corrected chi connectivity index (χ1v) is 10.1. The van der Waals surface area contributed by atoms with E-state index in [9.17, 15) is 19.5 Å². The van der Waals surface area contributed by atoms with Crippen molar-refractivity contribution in [1.29, 1.82) is 0 Å². The number of aromatic hydroxyl groups is 1. The minimum atomic E-state index is -0.443. The van der Waals surface area contributed by atoms with Gasteiger partial charge < -0.3 is 15.6 Å². The highest BCUT2D eigenvalue weighted by Gasteiger charge is 2.34. The first-order valence-electron chi connectivity index (χ1n) is 10.1. The van der Waals surface area contributed by atoms with Crippen LogP contribution in [-0.2, 0) is 16.0 Å². The molecule has 0 aliphatic heterocycles. The Hall–Kier alpha value is -4.19. The Balaban J connectivity index is 1.71. The molecule has 3 N–H and O–H groups in total. The zero-order chi connectivity index (χ0) is 23.0. The van der Waals surface area contributed by atoms with Crippen LogP contribution in [0.2, 0.25) is 0 Å². The van der Waals surface area contributed by atoms with Gasteiger partial charge in [0.2, 0.25) is 0 Å². The third-order valence-corrected chi connectivity index (χ3v) is 5.43. The quantitative estimate of drug-likeness (QED) is 0.215. The minimum Gasteiger partial charge on any atom is -0.505 e. The summed E-state index contributed by atoms with van der Waals surface area (Å²) in [6.07, 6.45) is 0.491. The van der Waals surface area contributed by atoms with Gasteiger partial charge in [-0.25, -0.2) is 4.79 Å². The van der Waals surface area contributed by atoms with E-state index in [1.165, 1.54) is 6.07 Å². The fourth-order valence-electron chi connectivity index (χ4n) is 3.77. The van der Waals surface area contributed by atoms with Crippen molar-refractivity contribution in [2.45, 2.75) is 13.3 Å². The lowest BCUT2D eigenvalue weighted by atomic mass is 9.79. The predicted molar refractivity (Wildman–Crippen MR) is 121 cm³/mol. The van der Waals surface area contributed by atoms with Gasteiger partial charge in [-0.2, -0.15) is 0 Å². The summed E-state index contributed by atoms with van der Waals surface area (Å²) in [7, 11) is 0. The molecule has 0 atom stereocenters. The number of rotatable bonds is 5. The summed E-state index contributed by atoms with van der Waals surface area (Å²) in [6, 6.07) is 15.1. The van der Waals surface area contributed by atoms with E-state index < -0.39 is 5.97 Å². The Morgan fingerprint density at radius 1 is 0.969 bits per heavy atom. The fourth-order valence-corrected chi connectivity index (χ4v) is 3.77. The number of hydrogen-bond acceptors (Lipinski definition) is 6. The lowest BCUT2D eigenvalue weighted by Gasteiger charge is -2.22. The maximum Gasteiger partial charge on any atom is 0.333 e. The number of hydrogen-bond donors (Lipinski definition) is 2. The molecule has 0 radical (unpaired) electrons. The van der Waals surface area contributed by atoms with Gasteiger partial charge in [0, 0.05) is 39.8 Å². The van der Waals surface area contributed by atoms with Crippen LogP contribution in [0.1, 0.15) is 44.3 Å². The lowest BCUT2D eigenvalue weighted by Crippen LogP contribution is -2.22. The van der Waals surface area contributed by atoms with Gasteiger partial charge in [-0.1, -0.05) is 55.1 Å². The molecule has 0 spiro atoms. The third kappa shape index (κ3) is 3.56. The molecule has 6 heteroatoms. The Bertz CT molecular complexity index is 1290. The number of benzene rings is 3. The molecule has 3 aromatic carbocycles. The summed E-state index contributed by atoms with van der Waals surface area (Å²) in [5.41, 5.74) is 8.96. The summed E-state index contributed by atoms with van der Waals surface area (Å²) >= 11 is 0. The van der Waals surface area contributed by atoms with Crippen molar-refractivity contribution in [1.82, 2.24) is 0 Å². The number of fused-ring (bicyclic) bond motifs is 2. The van der Waals surface area contributed by atoms with Crippen molar-refractivity contribution in [2.24, 2.45) is 0 Å². The molecule has 0 fully saturated rings. The number of ether oxygens (including phenoxy) is 1. The third-order valence-electron chi connectivity index (χ3n) is 5.43. The summed E-state index contributed by atoms with van der Waals surface area (Å²) in [4.78, 5) is 37.8. The van der Waals surface area contributed by atoms with Gasteiger partial charge in [-0.05, 0) is 24.1 Å². The number of carbonyl (C=O) groups excluding carboxylic acids is 3. The number of esters is 1. The topological polar surface area (TPSA) is 107 Å². The van der Waals surface area contributed by atoms with Gasteiger partial charge in [-0.3, -0.25) is 9.59 Å². The van der Waals surface area contributed by atoms with Crippen LogP contribution in [0.15, 0.2) is 66.7 Å². The highest BCUT2D eigenvalue weighted by Crippen LogP contribution is 2.43. The van der Waals surface area contributed by atoms with Crippen LogP contribution in [0.4, 0.5) is 5.69 Å². The van der Waals surface area contributed by atoms with Crippen molar-refractivity contribution in [3.8, 4) is 16.9 Å². The van der Waals surface area contributed by atoms with Crippen LogP contribution in [0, 0.1) is 0 Å². The van der Waals surface area contributed by atoms with E-state index in [1.807, 2.05) is 12.1 Å². The van der Waals surface area contributed by atoms with E-state index >= 15 is 0 Å². The normalized spacial score (nSPS) is 12.2. The van der Waals surface area contributed by atoms with Gasteiger partial charge in [0.25, 0.3) is 0 Å². The molecule has 0 saturated carbocycles. The van der Waals surface area contributed by atoms with Crippen LogP contribution in [-0.4, -0.2) is 29.2 Å². The summed E-state index contributed by atoms with van der Waals surface area (Å²) in [5, 5.41) is 10.7. The second kappa shape index (κ2) is 8.15. The van der Waals surface area contributed by atoms with E-state index in [1.54, 1.807) is 43.3 Å². The van der Waals surface area contributed by atoms with Crippen LogP contribution in [0.5, 0.6) is 5.75 Å². The highest BCUT2D eigenvalue weighted by atomic mass is 16.5. The number of phenols is 1. The molecule has 6 nitrogen and oxygen atoms in total. The minimum absolute atomic E-state index is 0.0232. The fraction of sp³-hybridized carbons (Fsp3) is 0.115. The van der Waals surface area contributed by atoms with Crippen LogP contribution >= 0.6 is 0 Å². The van der Waals surface area contributed by atoms with Crippen molar-refractivity contribution in [2.75, 3.05) is 12.3 Å². The van der Waals surface area contributed by atoms with Crippen molar-refractivity contribution >= 4 is 23.2 Å². The van der Waals surface area contributed by atoms with E-state index in [2.05, 4.69) is 6.58 Å². The molecule has 4 rings (SSSR count). The number of carbonyl (C=O) groups is 3. The maximum atomic E-state index is 13.3. The lowest BCUT2D eigenvalue weighted by molar-refractivity contribution is -0.138. The molecule has 0 heterocycles. The Labute approximate surface area is 185 Å². The van der Waals surface area contributed by atoms with Crippen molar-refractivity contribution in [3.05, 3.63) is 94.6 Å². The first kappa shape index (κ1) is 21.1. The average Bonchev–Trinajstić information content (AvgIpc) is 2.79. The van der Waals surface area contributed by atoms with Gasteiger partial charge in [-0.15, -0.1) is 0 Å². The number of anilines is 1. The van der Waals surface area contributed by atoms with E-state index in [-0.39, 0.29) is 46.3 Å². The van der Waals surface area contributed by atoms with Gasteiger partial charge in [0.05, 0.1) is 12.3 Å². The molecular weight excluding hydrogens is 406 g/mol. The highest BCUT2D eigenvalue weighted by molar-refractivity contribution is 6.31. The molecule has 1 aliphatic rings. The molecule has 0 amide bonds. The zero-order valence-electron chi connectivity index (χ0n) is 17.5. The van der Waals surface area contributed by atoms with E-state index in [0.29, 0.717) is 28.7 Å². The summed E-state index contributed by atoms with van der Waals surface area (Å²) in [5.74, 6) is -1.33. The number of ketones is 2. The van der Waals surface area contributed by atoms with Crippen LogP contribution in [0.25, 0.3) is 11.1 Å². The number of nitrogens with two attached hydrogens (primary N) is 1. The first-order chi connectivity index (χ1) is 15.3. The standard InChI is InChI=1S/C26H21NO5/c1-14(2)26(31)32-12-11-15-7-9-16(10-8-15)21-22-19(13-20(27)25(21)30)23(28)17-5-3-4-6-18(17)24(22)29/h3-10,13,30H,1,11-12,27H2,2H3. The molecular formula is C26H21NO5. The average molecular weight is 427 g/mol. The molecule has 0 saturated heterocycles. The zero-order valence-corrected chi connectivity index (χ0v) is 17.5. The molecule has 0 unspecified atom stereocenters.